The topological polar surface area (TPSA) is 110 Å². The van der Waals surface area contributed by atoms with Gasteiger partial charge in [0.15, 0.2) is 15.6 Å². The van der Waals surface area contributed by atoms with Crippen LogP contribution in [0.2, 0.25) is 0 Å². The van der Waals surface area contributed by atoms with E-state index >= 15 is 0 Å². The summed E-state index contributed by atoms with van der Waals surface area (Å²) >= 11 is 0. The maximum Gasteiger partial charge on any atom is 0.403 e. The maximum atomic E-state index is 13.2. The lowest BCUT2D eigenvalue weighted by Gasteiger charge is -2.30. The van der Waals surface area contributed by atoms with Gasteiger partial charge in [-0.1, -0.05) is 19.3 Å². The molecule has 35 heavy (non-hydrogen) atoms. The van der Waals surface area contributed by atoms with E-state index in [-0.39, 0.29) is 17.6 Å². The molecule has 1 aliphatic carbocycles. The van der Waals surface area contributed by atoms with Crippen LogP contribution in [0, 0.1) is 5.92 Å². The van der Waals surface area contributed by atoms with Crippen molar-refractivity contribution in [3.05, 3.63) is 42.2 Å². The molecule has 1 fully saturated rings. The van der Waals surface area contributed by atoms with Crippen LogP contribution in [0.25, 0.3) is 0 Å². The van der Waals surface area contributed by atoms with Crippen LogP contribution in [0.15, 0.2) is 41.4 Å². The first kappa shape index (κ1) is 26.7. The largest absolute Gasteiger partial charge is 0.403 e. The third kappa shape index (κ3) is 7.06. The summed E-state index contributed by atoms with van der Waals surface area (Å²) in [7, 11) is -4.55. The van der Waals surface area contributed by atoms with Crippen LogP contribution in [-0.2, 0) is 14.6 Å². The van der Waals surface area contributed by atoms with Crippen LogP contribution < -0.4 is 10.6 Å². The molecule has 2 amide bonds. The first-order valence-corrected chi connectivity index (χ1v) is 13.1. The van der Waals surface area contributed by atoms with E-state index in [0.29, 0.717) is 5.69 Å². The van der Waals surface area contributed by atoms with E-state index in [2.05, 4.69) is 15.7 Å². The van der Waals surface area contributed by atoms with E-state index in [1.165, 1.54) is 18.3 Å². The number of alkyl halides is 3. The molecule has 192 valence electrons. The van der Waals surface area contributed by atoms with Gasteiger partial charge < -0.3 is 10.6 Å². The van der Waals surface area contributed by atoms with Crippen LogP contribution in [0.4, 0.5) is 18.9 Å². The average molecular weight is 515 g/mol. The lowest BCUT2D eigenvalue weighted by atomic mass is 9.83. The first-order chi connectivity index (χ1) is 16.4. The third-order valence-corrected chi connectivity index (χ3v) is 7.61. The van der Waals surface area contributed by atoms with Crippen LogP contribution in [0.5, 0.6) is 0 Å². The van der Waals surface area contributed by atoms with Gasteiger partial charge in [-0.3, -0.25) is 14.3 Å². The molecule has 0 saturated heterocycles. The molecule has 2 N–H and O–H groups in total. The minimum Gasteiger partial charge on any atom is -0.339 e. The number of benzene rings is 1. The number of aromatic nitrogens is 2. The second-order valence-corrected chi connectivity index (χ2v) is 11.0. The highest BCUT2D eigenvalue weighted by Gasteiger charge is 2.36. The van der Waals surface area contributed by atoms with Crippen molar-refractivity contribution >= 4 is 27.3 Å². The molecule has 3 rings (SSSR count). The van der Waals surface area contributed by atoms with Gasteiger partial charge in [-0.15, -0.1) is 0 Å². The van der Waals surface area contributed by atoms with Gasteiger partial charge in [-0.25, -0.2) is 8.42 Å². The Balaban J connectivity index is 1.77. The molecule has 1 heterocycles. The van der Waals surface area contributed by atoms with Crippen molar-refractivity contribution < 1.29 is 31.2 Å². The van der Waals surface area contributed by atoms with E-state index in [1.807, 2.05) is 13.8 Å². The molecule has 1 aromatic heterocycles. The Morgan fingerprint density at radius 3 is 2.29 bits per heavy atom. The lowest BCUT2D eigenvalue weighted by Crippen LogP contribution is -2.49. The number of hydrogen-bond acceptors (Lipinski definition) is 5. The highest BCUT2D eigenvalue weighted by molar-refractivity contribution is 7.91. The number of carbonyl (C=O) groups excluding carboxylic acids is 2. The Bertz CT molecular complexity index is 1140. The zero-order valence-electron chi connectivity index (χ0n) is 19.5. The molecule has 0 radical (unpaired) electrons. The van der Waals surface area contributed by atoms with Crippen LogP contribution in [-0.4, -0.2) is 48.0 Å². The summed E-state index contributed by atoms with van der Waals surface area (Å²) in [6.07, 6.45) is 1.08. The zero-order chi connectivity index (χ0) is 25.8. The van der Waals surface area contributed by atoms with E-state index in [1.54, 1.807) is 10.7 Å². The number of hydrogen-bond donors (Lipinski definition) is 2. The molecular weight excluding hydrogens is 485 g/mol. The van der Waals surface area contributed by atoms with Crippen molar-refractivity contribution in [3.63, 3.8) is 0 Å². The Morgan fingerprint density at radius 2 is 1.71 bits per heavy atom. The number of nitrogens with one attached hydrogen (secondary N) is 2. The average Bonchev–Trinajstić information content (AvgIpc) is 3.27. The number of halogens is 3. The molecule has 12 heteroatoms. The Hall–Kier alpha value is -2.89. The van der Waals surface area contributed by atoms with Crippen LogP contribution in [0.3, 0.4) is 0 Å². The molecule has 0 bridgehead atoms. The van der Waals surface area contributed by atoms with Crippen molar-refractivity contribution in [2.75, 3.05) is 11.1 Å². The summed E-state index contributed by atoms with van der Waals surface area (Å²) in [4.78, 5) is 25.7. The van der Waals surface area contributed by atoms with Crippen molar-refractivity contribution in [1.82, 2.24) is 15.1 Å². The van der Waals surface area contributed by atoms with Gasteiger partial charge in [0, 0.05) is 17.9 Å². The fraction of sp³-hybridized carbons (Fsp3) is 0.522. The predicted octanol–water partition coefficient (Wildman–Crippen LogP) is 4.12. The highest BCUT2D eigenvalue weighted by Crippen LogP contribution is 2.28. The Kier molecular flexibility index (Phi) is 8.24. The number of anilines is 1. The molecule has 1 aromatic carbocycles. The fourth-order valence-electron chi connectivity index (χ4n) is 4.25. The van der Waals surface area contributed by atoms with Gasteiger partial charge in [-0.2, -0.15) is 18.3 Å². The van der Waals surface area contributed by atoms with Gasteiger partial charge in [0.1, 0.15) is 11.7 Å². The molecule has 0 unspecified atom stereocenters. The number of sulfone groups is 1. The number of rotatable bonds is 8. The molecule has 8 nitrogen and oxygen atoms in total. The fourth-order valence-corrected chi connectivity index (χ4v) is 5.40. The van der Waals surface area contributed by atoms with E-state index < -0.39 is 44.5 Å². The van der Waals surface area contributed by atoms with Crippen molar-refractivity contribution in [1.29, 1.82) is 0 Å². The minimum absolute atomic E-state index is 0.0557. The zero-order valence-corrected chi connectivity index (χ0v) is 20.3. The molecular formula is C23H29F3N4O4S. The van der Waals surface area contributed by atoms with Crippen molar-refractivity contribution in [2.24, 2.45) is 5.92 Å². The number of carbonyl (C=O) groups is 2. The summed E-state index contributed by atoms with van der Waals surface area (Å²) in [5.74, 6) is -2.97. The summed E-state index contributed by atoms with van der Waals surface area (Å²) < 4.78 is 63.1. The summed E-state index contributed by atoms with van der Waals surface area (Å²) in [6, 6.07) is 5.18. The SMILES string of the molecule is CC(C)n1nccc1C(=O)N[C@H](C(=O)Nc1ccc(S(=O)(=O)CC(F)(F)F)cc1)C1CCCCC1. The molecule has 2 aromatic rings. The quantitative estimate of drug-likeness (QED) is 0.551. The van der Waals surface area contributed by atoms with Gasteiger partial charge in [-0.05, 0) is 62.9 Å². The Morgan fingerprint density at radius 1 is 1.09 bits per heavy atom. The van der Waals surface area contributed by atoms with Gasteiger partial charge in [0.2, 0.25) is 5.91 Å². The van der Waals surface area contributed by atoms with Gasteiger partial charge in [0.05, 0.1) is 4.90 Å². The normalized spacial score (nSPS) is 16.2. The molecule has 1 saturated carbocycles. The lowest BCUT2D eigenvalue weighted by molar-refractivity contribution is -0.119. The van der Waals surface area contributed by atoms with E-state index in [9.17, 15) is 31.2 Å². The van der Waals surface area contributed by atoms with Gasteiger partial charge in [0.25, 0.3) is 5.91 Å². The predicted molar refractivity (Wildman–Crippen MR) is 124 cm³/mol. The Labute approximate surface area is 202 Å². The van der Waals surface area contributed by atoms with Crippen LogP contribution in [0.1, 0.15) is 62.5 Å². The third-order valence-electron chi connectivity index (χ3n) is 5.92. The molecule has 1 atom stereocenters. The standard InChI is InChI=1S/C23H29F3N4O4S/c1-15(2)30-19(12-13-27-30)21(31)29-20(16-6-4-3-5-7-16)22(32)28-17-8-10-18(11-9-17)35(33,34)14-23(24,25)26/h8-13,15-16,20H,3-7,14H2,1-2H3,(H,28,32)(H,29,31)/t20-/m0/s1. The van der Waals surface area contributed by atoms with E-state index in [0.717, 1.165) is 44.2 Å². The molecule has 1 aliphatic rings. The second kappa shape index (κ2) is 10.8. The smallest absolute Gasteiger partial charge is 0.339 e. The van der Waals surface area contributed by atoms with Gasteiger partial charge >= 0.3 is 6.18 Å². The molecule has 0 aliphatic heterocycles. The first-order valence-electron chi connectivity index (χ1n) is 11.4. The monoisotopic (exact) mass is 514 g/mol. The number of nitrogens with zero attached hydrogens (tertiary/aromatic N) is 2. The maximum absolute atomic E-state index is 13.2. The van der Waals surface area contributed by atoms with Crippen LogP contribution >= 0.6 is 0 Å². The highest BCUT2D eigenvalue weighted by atomic mass is 32.2. The summed E-state index contributed by atoms with van der Waals surface area (Å²) in [6.45, 7) is 3.77. The number of amides is 2. The van der Waals surface area contributed by atoms with E-state index in [4.69, 9.17) is 0 Å². The summed E-state index contributed by atoms with van der Waals surface area (Å²) in [5, 5.41) is 9.65. The molecule has 0 spiro atoms. The minimum atomic E-state index is -4.86. The van der Waals surface area contributed by atoms with Crippen molar-refractivity contribution in [2.45, 2.75) is 69.1 Å². The summed E-state index contributed by atoms with van der Waals surface area (Å²) in [5.41, 5.74) is 0.538. The van der Waals surface area contributed by atoms with Crippen molar-refractivity contribution in [3.8, 4) is 0 Å². The second-order valence-electron chi connectivity index (χ2n) is 8.99.